The molecular weight excluding hydrogens is 229 g/mol. The molecule has 0 aliphatic heterocycles. The smallest absolute Gasteiger partial charge is 0.130 e. The fourth-order valence-electron chi connectivity index (χ4n) is 2.05. The fourth-order valence-corrected chi connectivity index (χ4v) is 2.05. The molecule has 18 heavy (non-hydrogen) atoms. The molecule has 2 N–H and O–H groups in total. The SMILES string of the molecule is C[C@@H](N)c1c(F)cccc1N(C)CCCN(C)C. The third-order valence-electron chi connectivity index (χ3n) is 3.00. The lowest BCUT2D eigenvalue weighted by Crippen LogP contribution is -2.25. The van der Waals surface area contributed by atoms with E-state index in [4.69, 9.17) is 5.73 Å². The van der Waals surface area contributed by atoms with Crippen molar-refractivity contribution >= 4 is 5.69 Å². The van der Waals surface area contributed by atoms with Gasteiger partial charge in [-0.25, -0.2) is 4.39 Å². The molecule has 0 bridgehead atoms. The van der Waals surface area contributed by atoms with Crippen molar-refractivity contribution in [2.75, 3.05) is 39.1 Å². The average molecular weight is 253 g/mol. The quantitative estimate of drug-likeness (QED) is 0.844. The van der Waals surface area contributed by atoms with Crippen molar-refractivity contribution in [1.29, 1.82) is 0 Å². The summed E-state index contributed by atoms with van der Waals surface area (Å²) in [4.78, 5) is 4.22. The monoisotopic (exact) mass is 253 g/mol. The van der Waals surface area contributed by atoms with Crippen molar-refractivity contribution in [3.63, 3.8) is 0 Å². The molecule has 4 heteroatoms. The van der Waals surface area contributed by atoms with Gasteiger partial charge in [0.15, 0.2) is 0 Å². The van der Waals surface area contributed by atoms with Gasteiger partial charge in [-0.2, -0.15) is 0 Å². The van der Waals surface area contributed by atoms with Crippen LogP contribution in [0.4, 0.5) is 10.1 Å². The Bertz CT molecular complexity index is 377. The molecule has 3 nitrogen and oxygen atoms in total. The van der Waals surface area contributed by atoms with Gasteiger partial charge in [0.25, 0.3) is 0 Å². The second kappa shape index (κ2) is 6.71. The second-order valence-electron chi connectivity index (χ2n) is 5.04. The molecule has 0 saturated heterocycles. The molecule has 0 aliphatic carbocycles. The Morgan fingerprint density at radius 1 is 1.22 bits per heavy atom. The van der Waals surface area contributed by atoms with E-state index in [9.17, 15) is 4.39 Å². The minimum atomic E-state index is -0.294. The van der Waals surface area contributed by atoms with Crippen molar-refractivity contribution in [1.82, 2.24) is 4.90 Å². The van der Waals surface area contributed by atoms with Crippen molar-refractivity contribution in [2.45, 2.75) is 19.4 Å². The van der Waals surface area contributed by atoms with Gasteiger partial charge in [-0.3, -0.25) is 0 Å². The predicted octanol–water partition coefficient (Wildman–Crippen LogP) is 2.23. The van der Waals surface area contributed by atoms with Gasteiger partial charge in [-0.05, 0) is 46.1 Å². The Labute approximate surface area is 109 Å². The van der Waals surface area contributed by atoms with Crippen molar-refractivity contribution in [3.8, 4) is 0 Å². The normalized spacial score (nSPS) is 12.8. The molecule has 0 aliphatic rings. The van der Waals surface area contributed by atoms with Crippen LogP contribution in [0, 0.1) is 5.82 Å². The lowest BCUT2D eigenvalue weighted by atomic mass is 10.1. The summed E-state index contributed by atoms with van der Waals surface area (Å²) in [6, 6.07) is 4.84. The summed E-state index contributed by atoms with van der Waals surface area (Å²) in [5.74, 6) is -0.220. The van der Waals surface area contributed by atoms with Crippen LogP contribution in [0.15, 0.2) is 18.2 Å². The van der Waals surface area contributed by atoms with Crippen LogP contribution in [-0.2, 0) is 0 Å². The van der Waals surface area contributed by atoms with Crippen molar-refractivity contribution in [2.24, 2.45) is 5.73 Å². The maximum absolute atomic E-state index is 13.8. The summed E-state index contributed by atoms with van der Waals surface area (Å²) in [6.45, 7) is 3.73. The number of rotatable bonds is 6. The lowest BCUT2D eigenvalue weighted by molar-refractivity contribution is 0.401. The summed E-state index contributed by atoms with van der Waals surface area (Å²) < 4.78 is 13.8. The zero-order chi connectivity index (χ0) is 13.7. The second-order valence-corrected chi connectivity index (χ2v) is 5.04. The topological polar surface area (TPSA) is 32.5 Å². The molecule has 0 radical (unpaired) electrons. The summed E-state index contributed by atoms with van der Waals surface area (Å²) in [5.41, 5.74) is 7.35. The van der Waals surface area contributed by atoms with Crippen LogP contribution in [0.1, 0.15) is 24.9 Å². The predicted molar refractivity (Wildman–Crippen MR) is 75.4 cm³/mol. The third-order valence-corrected chi connectivity index (χ3v) is 3.00. The van der Waals surface area contributed by atoms with Gasteiger partial charge in [0.05, 0.1) is 0 Å². The highest BCUT2D eigenvalue weighted by molar-refractivity contribution is 5.54. The molecule has 0 heterocycles. The Morgan fingerprint density at radius 3 is 2.44 bits per heavy atom. The maximum atomic E-state index is 13.8. The highest BCUT2D eigenvalue weighted by atomic mass is 19.1. The third kappa shape index (κ3) is 3.96. The van der Waals surface area contributed by atoms with E-state index in [0.29, 0.717) is 5.56 Å². The standard InChI is InChI=1S/C14H24FN3/c1-11(16)14-12(15)7-5-8-13(14)18(4)10-6-9-17(2)3/h5,7-8,11H,6,9-10,16H2,1-4H3/t11-/m1/s1. The maximum Gasteiger partial charge on any atom is 0.130 e. The summed E-state index contributed by atoms with van der Waals surface area (Å²) >= 11 is 0. The summed E-state index contributed by atoms with van der Waals surface area (Å²) in [5, 5.41) is 0. The lowest BCUT2D eigenvalue weighted by Gasteiger charge is -2.25. The number of nitrogens with zero attached hydrogens (tertiary/aromatic N) is 2. The number of nitrogens with two attached hydrogens (primary N) is 1. The molecule has 102 valence electrons. The first-order chi connectivity index (χ1) is 8.43. The molecule has 1 aromatic carbocycles. The molecule has 0 fully saturated rings. The van der Waals surface area contributed by atoms with E-state index in [1.807, 2.05) is 20.0 Å². The molecular formula is C14H24FN3. The fraction of sp³-hybridized carbons (Fsp3) is 0.571. The molecule has 0 unspecified atom stereocenters. The Morgan fingerprint density at radius 2 is 1.89 bits per heavy atom. The van der Waals surface area contributed by atoms with Gasteiger partial charge in [-0.15, -0.1) is 0 Å². The minimum absolute atomic E-state index is 0.220. The van der Waals surface area contributed by atoms with Crippen LogP contribution >= 0.6 is 0 Å². The van der Waals surface area contributed by atoms with E-state index in [1.165, 1.54) is 6.07 Å². The molecule has 0 aromatic heterocycles. The minimum Gasteiger partial charge on any atom is -0.374 e. The number of benzene rings is 1. The van der Waals surface area contributed by atoms with Crippen LogP contribution in [0.3, 0.4) is 0 Å². The molecule has 0 amide bonds. The van der Waals surface area contributed by atoms with E-state index >= 15 is 0 Å². The van der Waals surface area contributed by atoms with Crippen LogP contribution in [0.2, 0.25) is 0 Å². The first kappa shape index (κ1) is 14.9. The van der Waals surface area contributed by atoms with E-state index in [0.717, 1.165) is 25.2 Å². The molecule has 1 rings (SSSR count). The van der Waals surface area contributed by atoms with Crippen molar-refractivity contribution < 1.29 is 4.39 Å². The van der Waals surface area contributed by atoms with E-state index in [-0.39, 0.29) is 11.9 Å². The molecule has 0 spiro atoms. The molecule has 1 atom stereocenters. The zero-order valence-corrected chi connectivity index (χ0v) is 11.8. The van der Waals surface area contributed by atoms with Gasteiger partial charge in [0.2, 0.25) is 0 Å². The van der Waals surface area contributed by atoms with E-state index in [2.05, 4.69) is 23.9 Å². The largest absolute Gasteiger partial charge is 0.374 e. The first-order valence-corrected chi connectivity index (χ1v) is 6.33. The number of hydrogen-bond donors (Lipinski definition) is 1. The van der Waals surface area contributed by atoms with Gasteiger partial charge < -0.3 is 15.5 Å². The highest BCUT2D eigenvalue weighted by Crippen LogP contribution is 2.27. The Balaban J connectivity index is 2.78. The van der Waals surface area contributed by atoms with E-state index in [1.54, 1.807) is 6.07 Å². The highest BCUT2D eigenvalue weighted by Gasteiger charge is 2.15. The molecule has 1 aromatic rings. The van der Waals surface area contributed by atoms with Gasteiger partial charge >= 0.3 is 0 Å². The Kier molecular flexibility index (Phi) is 5.56. The number of hydrogen-bond acceptors (Lipinski definition) is 3. The number of halogens is 1. The Hall–Kier alpha value is -1.13. The number of anilines is 1. The zero-order valence-electron chi connectivity index (χ0n) is 11.8. The molecule has 0 saturated carbocycles. The van der Waals surface area contributed by atoms with Gasteiger partial charge in [0.1, 0.15) is 5.82 Å². The first-order valence-electron chi connectivity index (χ1n) is 6.33. The van der Waals surface area contributed by atoms with E-state index < -0.39 is 0 Å². The van der Waals surface area contributed by atoms with Crippen LogP contribution in [0.25, 0.3) is 0 Å². The average Bonchev–Trinajstić information content (AvgIpc) is 2.27. The summed E-state index contributed by atoms with van der Waals surface area (Å²) in [6.07, 6.45) is 1.04. The van der Waals surface area contributed by atoms with Gasteiger partial charge in [0, 0.05) is 30.9 Å². The van der Waals surface area contributed by atoms with Crippen LogP contribution < -0.4 is 10.6 Å². The van der Waals surface area contributed by atoms with Crippen LogP contribution in [-0.4, -0.2) is 39.1 Å². The van der Waals surface area contributed by atoms with Crippen LogP contribution in [0.5, 0.6) is 0 Å². The van der Waals surface area contributed by atoms with Crippen molar-refractivity contribution in [3.05, 3.63) is 29.6 Å². The summed E-state index contributed by atoms with van der Waals surface area (Å²) in [7, 11) is 6.08. The van der Waals surface area contributed by atoms with Gasteiger partial charge in [-0.1, -0.05) is 6.07 Å².